The van der Waals surface area contributed by atoms with E-state index in [4.69, 9.17) is 0 Å². The van der Waals surface area contributed by atoms with Crippen LogP contribution in [0.4, 0.5) is 0 Å². The molecule has 5 rings (SSSR count). The Morgan fingerprint density at radius 2 is 1.62 bits per heavy atom. The van der Waals surface area contributed by atoms with Gasteiger partial charge in [0.15, 0.2) is 0 Å². The molecule has 9 heteroatoms. The maximum Gasteiger partial charge on any atom is 0.264 e. The zero-order chi connectivity index (χ0) is 27.4. The summed E-state index contributed by atoms with van der Waals surface area (Å²) < 4.78 is 27.9. The molecule has 0 bridgehead atoms. The zero-order valence-corrected chi connectivity index (χ0v) is 23.4. The zero-order valence-electron chi connectivity index (χ0n) is 22.6. The highest BCUT2D eigenvalue weighted by atomic mass is 32.2. The van der Waals surface area contributed by atoms with Gasteiger partial charge in [-0.15, -0.1) is 0 Å². The summed E-state index contributed by atoms with van der Waals surface area (Å²) in [7, 11) is -4.01. The lowest BCUT2D eigenvalue weighted by atomic mass is 9.93. The molecule has 8 nitrogen and oxygen atoms in total. The van der Waals surface area contributed by atoms with Crippen molar-refractivity contribution in [3.8, 4) is 0 Å². The third kappa shape index (κ3) is 6.20. The van der Waals surface area contributed by atoms with Crippen molar-refractivity contribution in [2.45, 2.75) is 75.4 Å². The van der Waals surface area contributed by atoms with Crippen LogP contribution in [0, 0.1) is 6.92 Å². The summed E-state index contributed by atoms with van der Waals surface area (Å²) in [5, 5.41) is 2.59. The van der Waals surface area contributed by atoms with Crippen LogP contribution in [-0.2, 0) is 26.2 Å². The number of piperidine rings is 2. The van der Waals surface area contributed by atoms with Crippen LogP contribution in [0.15, 0.2) is 65.8 Å². The number of amides is 2. The minimum Gasteiger partial charge on any atom is -0.336 e. The molecule has 3 heterocycles. The number of sulfonamides is 1. The average molecular weight is 551 g/mol. The predicted octanol–water partition coefficient (Wildman–Crippen LogP) is 4.09. The first-order valence-electron chi connectivity index (χ1n) is 14.0. The first-order chi connectivity index (χ1) is 18.8. The molecule has 0 radical (unpaired) electrons. The maximum absolute atomic E-state index is 13.7. The monoisotopic (exact) mass is 550 g/mol. The number of aryl methyl sites for hydroxylation is 1. The molecule has 2 saturated heterocycles. The second-order valence-electron chi connectivity index (χ2n) is 10.9. The highest BCUT2D eigenvalue weighted by Gasteiger charge is 2.39. The van der Waals surface area contributed by atoms with E-state index in [-0.39, 0.29) is 23.3 Å². The van der Waals surface area contributed by atoms with E-state index in [1.165, 1.54) is 49.4 Å². The minimum atomic E-state index is -4.01. The second-order valence-corrected chi connectivity index (χ2v) is 12.7. The van der Waals surface area contributed by atoms with Gasteiger partial charge in [0.1, 0.15) is 6.04 Å². The predicted molar refractivity (Wildman–Crippen MR) is 150 cm³/mol. The number of carbonyl (C=O) groups is 2. The van der Waals surface area contributed by atoms with Crippen molar-refractivity contribution in [1.29, 1.82) is 0 Å². The van der Waals surface area contributed by atoms with E-state index in [1.54, 1.807) is 12.1 Å². The summed E-state index contributed by atoms with van der Waals surface area (Å²) in [5.74, 6) is -0.714. The Morgan fingerprint density at radius 3 is 2.33 bits per heavy atom. The fourth-order valence-corrected chi connectivity index (χ4v) is 7.30. The lowest BCUT2D eigenvalue weighted by molar-refractivity contribution is -0.138. The number of benzene rings is 2. The third-order valence-corrected chi connectivity index (χ3v) is 9.86. The van der Waals surface area contributed by atoms with E-state index in [1.807, 2.05) is 11.8 Å². The Kier molecular flexibility index (Phi) is 8.37. The topological polar surface area (TPSA) is 90.0 Å². The summed E-state index contributed by atoms with van der Waals surface area (Å²) in [4.78, 5) is 31.0. The fraction of sp³-hybridized carbons (Fsp3) is 0.467. The SMILES string of the molecule is Cc1ccc(S(=O)(=O)N2C=CNC(=O)[C@H]2CC(=O)N2CCCCC2c2ccc(CN3CCCCC3)cc2)cc1. The van der Waals surface area contributed by atoms with Crippen molar-refractivity contribution in [3.63, 3.8) is 0 Å². The molecule has 2 aromatic carbocycles. The van der Waals surface area contributed by atoms with Crippen LogP contribution in [0.3, 0.4) is 0 Å². The summed E-state index contributed by atoms with van der Waals surface area (Å²) in [6.45, 7) is 5.71. The Morgan fingerprint density at radius 1 is 0.923 bits per heavy atom. The van der Waals surface area contributed by atoms with Gasteiger partial charge in [-0.05, 0) is 75.4 Å². The molecule has 208 valence electrons. The molecule has 2 fully saturated rings. The second kappa shape index (κ2) is 11.9. The first-order valence-corrected chi connectivity index (χ1v) is 15.4. The molecular weight excluding hydrogens is 512 g/mol. The highest BCUT2D eigenvalue weighted by molar-refractivity contribution is 7.89. The van der Waals surface area contributed by atoms with Gasteiger partial charge in [0.25, 0.3) is 10.0 Å². The van der Waals surface area contributed by atoms with Gasteiger partial charge in [-0.25, -0.2) is 8.42 Å². The van der Waals surface area contributed by atoms with Crippen LogP contribution >= 0.6 is 0 Å². The van der Waals surface area contributed by atoms with Gasteiger partial charge in [-0.2, -0.15) is 0 Å². The third-order valence-electron chi connectivity index (χ3n) is 8.06. The molecule has 1 N–H and O–H groups in total. The number of rotatable bonds is 7. The molecule has 2 amide bonds. The van der Waals surface area contributed by atoms with E-state index >= 15 is 0 Å². The van der Waals surface area contributed by atoms with E-state index in [2.05, 4.69) is 34.5 Å². The molecule has 3 aliphatic rings. The molecule has 3 aliphatic heterocycles. The number of nitrogens with zero attached hydrogens (tertiary/aromatic N) is 3. The van der Waals surface area contributed by atoms with Crippen molar-refractivity contribution < 1.29 is 18.0 Å². The van der Waals surface area contributed by atoms with Crippen LogP contribution < -0.4 is 5.32 Å². The number of hydrogen-bond acceptors (Lipinski definition) is 5. The van der Waals surface area contributed by atoms with Crippen molar-refractivity contribution >= 4 is 21.8 Å². The summed E-state index contributed by atoms with van der Waals surface area (Å²) >= 11 is 0. The van der Waals surface area contributed by atoms with Crippen molar-refractivity contribution in [2.75, 3.05) is 19.6 Å². The quantitative estimate of drug-likeness (QED) is 0.561. The normalized spacial score (nSPS) is 22.5. The number of likely N-dealkylation sites (tertiary alicyclic amines) is 2. The van der Waals surface area contributed by atoms with Gasteiger partial charge < -0.3 is 10.2 Å². The van der Waals surface area contributed by atoms with Crippen LogP contribution in [-0.4, -0.2) is 60.0 Å². The largest absolute Gasteiger partial charge is 0.336 e. The van der Waals surface area contributed by atoms with Crippen molar-refractivity contribution in [3.05, 3.63) is 77.6 Å². The smallest absolute Gasteiger partial charge is 0.264 e. The molecule has 1 unspecified atom stereocenters. The van der Waals surface area contributed by atoms with Crippen LogP contribution in [0.2, 0.25) is 0 Å². The minimum absolute atomic E-state index is 0.0837. The molecule has 2 atom stereocenters. The maximum atomic E-state index is 13.7. The van der Waals surface area contributed by atoms with E-state index < -0.39 is 22.0 Å². The van der Waals surface area contributed by atoms with Crippen LogP contribution in [0.1, 0.15) is 67.7 Å². The lowest BCUT2D eigenvalue weighted by Crippen LogP contribution is -2.52. The molecule has 2 aromatic rings. The molecule has 0 aromatic heterocycles. The van der Waals surface area contributed by atoms with E-state index in [0.29, 0.717) is 6.54 Å². The average Bonchev–Trinajstić information content (AvgIpc) is 2.95. The van der Waals surface area contributed by atoms with Crippen molar-refractivity contribution in [2.24, 2.45) is 0 Å². The molecule has 0 saturated carbocycles. The van der Waals surface area contributed by atoms with Crippen molar-refractivity contribution in [1.82, 2.24) is 19.4 Å². The van der Waals surface area contributed by atoms with E-state index in [9.17, 15) is 18.0 Å². The van der Waals surface area contributed by atoms with E-state index in [0.717, 1.165) is 54.3 Å². The van der Waals surface area contributed by atoms with Gasteiger partial charge in [-0.1, -0.05) is 48.4 Å². The summed E-state index contributed by atoms with van der Waals surface area (Å²) in [6, 6.07) is 13.8. The molecule has 0 aliphatic carbocycles. The summed E-state index contributed by atoms with van der Waals surface area (Å²) in [6.07, 6.45) is 9.01. The van der Waals surface area contributed by atoms with Gasteiger partial charge in [0.05, 0.1) is 17.4 Å². The Labute approximate surface area is 231 Å². The Bertz CT molecular complexity index is 1300. The van der Waals surface area contributed by atoms with Gasteiger partial charge in [0.2, 0.25) is 11.8 Å². The Hall–Kier alpha value is -3.17. The first kappa shape index (κ1) is 27.4. The fourth-order valence-electron chi connectivity index (χ4n) is 5.85. The number of carbonyl (C=O) groups excluding carboxylic acids is 2. The molecular formula is C30H38N4O4S. The number of hydrogen-bond donors (Lipinski definition) is 1. The highest BCUT2D eigenvalue weighted by Crippen LogP contribution is 2.33. The molecule has 0 spiro atoms. The number of nitrogens with one attached hydrogen (secondary N) is 1. The Balaban J connectivity index is 1.31. The summed E-state index contributed by atoms with van der Waals surface area (Å²) in [5.41, 5.74) is 3.29. The van der Waals surface area contributed by atoms with Crippen LogP contribution in [0.5, 0.6) is 0 Å². The van der Waals surface area contributed by atoms with Gasteiger partial charge in [-0.3, -0.25) is 18.8 Å². The standard InChI is InChI=1S/C30H38N4O4S/c1-23-8-14-26(15-9-23)39(37,38)34-20-16-31-30(36)28(34)21-29(35)33-19-6-3-7-27(33)25-12-10-24(11-13-25)22-32-17-4-2-5-18-32/h8-16,20,27-28H,2-7,17-19,21-22H2,1H3,(H,31,36)/t27?,28-/m1/s1. The van der Waals surface area contributed by atoms with Gasteiger partial charge in [0, 0.05) is 25.5 Å². The molecule has 39 heavy (non-hydrogen) atoms. The van der Waals surface area contributed by atoms with Gasteiger partial charge >= 0.3 is 0 Å². The van der Waals surface area contributed by atoms with Crippen LogP contribution in [0.25, 0.3) is 0 Å². The lowest BCUT2D eigenvalue weighted by Gasteiger charge is -2.38.